The molecule has 2 aliphatic rings. The van der Waals surface area contributed by atoms with Crippen molar-refractivity contribution >= 4 is 34.4 Å². The summed E-state index contributed by atoms with van der Waals surface area (Å²) < 4.78 is 7.04. The Morgan fingerprint density at radius 3 is 2.32 bits per heavy atom. The van der Waals surface area contributed by atoms with Gasteiger partial charge in [0.15, 0.2) is 0 Å². The zero-order chi connectivity index (χ0) is 19.7. The van der Waals surface area contributed by atoms with Gasteiger partial charge >= 0.3 is 6.09 Å². The van der Waals surface area contributed by atoms with Crippen molar-refractivity contribution in [3.05, 3.63) is 63.7 Å². The van der Waals surface area contributed by atoms with E-state index in [1.54, 1.807) is 0 Å². The van der Waals surface area contributed by atoms with Crippen LogP contribution in [0.2, 0.25) is 0 Å². The van der Waals surface area contributed by atoms with E-state index >= 15 is 0 Å². The molecular weight excluding hydrogens is 463 g/mol. The second-order valence-corrected chi connectivity index (χ2v) is 9.48. The van der Waals surface area contributed by atoms with Gasteiger partial charge in [0.05, 0.1) is 6.04 Å². The number of benzene rings is 2. The number of nitrogens with one attached hydrogen (secondary N) is 1. The number of anilines is 1. The van der Waals surface area contributed by atoms with Crippen molar-refractivity contribution in [1.82, 2.24) is 4.90 Å². The van der Waals surface area contributed by atoms with Crippen LogP contribution < -0.4 is 5.32 Å². The first kappa shape index (κ1) is 19.6. The molecule has 1 heterocycles. The maximum absolute atomic E-state index is 12.8. The molecule has 1 aliphatic carbocycles. The highest BCUT2D eigenvalue weighted by Gasteiger charge is 2.51. The lowest BCUT2D eigenvalue weighted by Gasteiger charge is -2.38. The number of carbonyl (C=O) groups excluding carboxylic acids is 1. The number of amides is 1. The summed E-state index contributed by atoms with van der Waals surface area (Å²) in [5.41, 5.74) is 1.83. The molecule has 28 heavy (non-hydrogen) atoms. The Balaban J connectivity index is 1.47. The van der Waals surface area contributed by atoms with Crippen LogP contribution in [0.3, 0.4) is 0 Å². The Morgan fingerprint density at radius 1 is 1.00 bits per heavy atom. The molecule has 0 radical (unpaired) electrons. The van der Waals surface area contributed by atoms with Gasteiger partial charge in [-0.3, -0.25) is 4.90 Å². The van der Waals surface area contributed by atoms with E-state index in [0.717, 1.165) is 31.2 Å². The molecule has 1 atom stereocenters. The van der Waals surface area contributed by atoms with E-state index in [4.69, 9.17) is 4.74 Å². The van der Waals surface area contributed by atoms with Gasteiger partial charge in [-0.15, -0.1) is 0 Å². The van der Waals surface area contributed by atoms with Crippen LogP contribution in [0.5, 0.6) is 0 Å². The summed E-state index contributed by atoms with van der Waals surface area (Å²) in [7, 11) is 0. The first-order valence-corrected chi connectivity index (χ1v) is 11.1. The SMILES string of the molecule is CC1(C)OC(=O)N(C2CCC(Nc3ccccc3I)CC2)[C@H]1c1ccccc1. The van der Waals surface area contributed by atoms with Gasteiger partial charge < -0.3 is 10.1 Å². The molecule has 1 amide bonds. The highest BCUT2D eigenvalue weighted by Crippen LogP contribution is 2.44. The van der Waals surface area contributed by atoms with Crippen LogP contribution in [0.15, 0.2) is 54.6 Å². The normalized spacial score (nSPS) is 26.8. The number of halogens is 1. The summed E-state index contributed by atoms with van der Waals surface area (Å²) in [4.78, 5) is 14.8. The molecule has 1 saturated carbocycles. The maximum atomic E-state index is 12.8. The largest absolute Gasteiger partial charge is 0.441 e. The van der Waals surface area contributed by atoms with Gasteiger partial charge in [-0.2, -0.15) is 0 Å². The highest BCUT2D eigenvalue weighted by molar-refractivity contribution is 14.1. The fourth-order valence-electron chi connectivity index (χ4n) is 4.63. The lowest BCUT2D eigenvalue weighted by molar-refractivity contribution is 0.0664. The number of cyclic esters (lactones) is 1. The minimum atomic E-state index is -0.520. The van der Waals surface area contributed by atoms with Crippen LogP contribution in [0.25, 0.3) is 0 Å². The van der Waals surface area contributed by atoms with Crippen molar-refractivity contribution < 1.29 is 9.53 Å². The first-order valence-electron chi connectivity index (χ1n) is 10.0. The quantitative estimate of drug-likeness (QED) is 0.536. The topological polar surface area (TPSA) is 41.6 Å². The molecular formula is C23H27IN2O2. The maximum Gasteiger partial charge on any atom is 0.411 e. The minimum Gasteiger partial charge on any atom is -0.441 e. The van der Waals surface area contributed by atoms with E-state index < -0.39 is 5.60 Å². The molecule has 2 aromatic carbocycles. The third kappa shape index (κ3) is 3.86. The van der Waals surface area contributed by atoms with Crippen molar-refractivity contribution in [2.24, 2.45) is 0 Å². The zero-order valence-corrected chi connectivity index (χ0v) is 18.6. The molecule has 1 aliphatic heterocycles. The number of hydrogen-bond acceptors (Lipinski definition) is 3. The lowest BCUT2D eigenvalue weighted by Crippen LogP contribution is -2.44. The van der Waals surface area contributed by atoms with E-state index in [1.165, 1.54) is 9.26 Å². The predicted molar refractivity (Wildman–Crippen MR) is 120 cm³/mol. The first-order chi connectivity index (χ1) is 13.5. The Morgan fingerprint density at radius 2 is 1.64 bits per heavy atom. The molecule has 1 N–H and O–H groups in total. The molecule has 0 unspecified atom stereocenters. The van der Waals surface area contributed by atoms with Crippen LogP contribution in [-0.2, 0) is 4.74 Å². The smallest absolute Gasteiger partial charge is 0.411 e. The van der Waals surface area contributed by atoms with Crippen molar-refractivity contribution in [2.45, 2.75) is 63.3 Å². The van der Waals surface area contributed by atoms with Crippen molar-refractivity contribution in [2.75, 3.05) is 5.32 Å². The second-order valence-electron chi connectivity index (χ2n) is 8.32. The van der Waals surface area contributed by atoms with Gasteiger partial charge in [-0.05, 0) is 79.8 Å². The molecule has 1 saturated heterocycles. The van der Waals surface area contributed by atoms with Crippen molar-refractivity contribution in [3.63, 3.8) is 0 Å². The van der Waals surface area contributed by atoms with Gasteiger partial charge in [0.1, 0.15) is 5.60 Å². The number of ether oxygens (including phenoxy) is 1. The van der Waals surface area contributed by atoms with Gasteiger partial charge in [-0.25, -0.2) is 4.79 Å². The number of para-hydroxylation sites is 1. The minimum absolute atomic E-state index is 0.0363. The Kier molecular flexibility index (Phi) is 5.54. The Labute approximate surface area is 180 Å². The van der Waals surface area contributed by atoms with Crippen LogP contribution in [0.4, 0.5) is 10.5 Å². The van der Waals surface area contributed by atoms with Gasteiger partial charge in [0.25, 0.3) is 0 Å². The summed E-state index contributed by atoms with van der Waals surface area (Å²) >= 11 is 2.38. The third-order valence-corrected chi connectivity index (χ3v) is 6.88. The van der Waals surface area contributed by atoms with E-state index in [1.807, 2.05) is 36.9 Å². The number of nitrogens with zero attached hydrogens (tertiary/aromatic N) is 1. The highest BCUT2D eigenvalue weighted by atomic mass is 127. The average Bonchev–Trinajstić information content (AvgIpc) is 2.93. The van der Waals surface area contributed by atoms with E-state index in [9.17, 15) is 4.79 Å². The average molecular weight is 490 g/mol. The zero-order valence-electron chi connectivity index (χ0n) is 16.4. The van der Waals surface area contributed by atoms with Crippen LogP contribution in [0.1, 0.15) is 51.1 Å². The molecule has 0 aromatic heterocycles. The second kappa shape index (κ2) is 7.93. The Hall–Kier alpha value is -1.76. The third-order valence-electron chi connectivity index (χ3n) is 5.94. The number of carbonyl (C=O) groups is 1. The number of rotatable bonds is 4. The van der Waals surface area contributed by atoms with E-state index in [0.29, 0.717) is 6.04 Å². The molecule has 0 bridgehead atoms. The molecule has 4 rings (SSSR count). The molecule has 2 aromatic rings. The van der Waals surface area contributed by atoms with Crippen LogP contribution >= 0.6 is 22.6 Å². The van der Waals surface area contributed by atoms with Gasteiger partial charge in [0, 0.05) is 21.3 Å². The molecule has 5 heteroatoms. The molecule has 148 valence electrons. The van der Waals surface area contributed by atoms with Crippen molar-refractivity contribution in [1.29, 1.82) is 0 Å². The summed E-state index contributed by atoms with van der Waals surface area (Å²) in [5, 5.41) is 3.69. The van der Waals surface area contributed by atoms with Crippen LogP contribution in [0, 0.1) is 3.57 Å². The fraction of sp³-hybridized carbons (Fsp3) is 0.435. The summed E-state index contributed by atoms with van der Waals surface area (Å²) in [6.07, 6.45) is 3.93. The summed E-state index contributed by atoms with van der Waals surface area (Å²) in [6, 6.07) is 19.3. The monoisotopic (exact) mass is 490 g/mol. The summed E-state index contributed by atoms with van der Waals surface area (Å²) in [5.74, 6) is 0. The Bertz CT molecular complexity index is 832. The van der Waals surface area contributed by atoms with Crippen molar-refractivity contribution in [3.8, 4) is 0 Å². The lowest BCUT2D eigenvalue weighted by atomic mass is 9.86. The van der Waals surface area contributed by atoms with Crippen LogP contribution in [-0.4, -0.2) is 28.7 Å². The van der Waals surface area contributed by atoms with Gasteiger partial charge in [-0.1, -0.05) is 42.5 Å². The standard InChI is InChI=1S/C23H27IN2O2/c1-23(2)21(16-8-4-3-5-9-16)26(22(27)28-23)18-14-12-17(13-15-18)25-20-11-7-6-10-19(20)24/h3-11,17-18,21,25H,12-15H2,1-2H3/t17?,18?,21-/m0/s1. The van der Waals surface area contributed by atoms with E-state index in [2.05, 4.69) is 64.3 Å². The summed E-state index contributed by atoms with van der Waals surface area (Å²) in [6.45, 7) is 4.04. The number of hydrogen-bond donors (Lipinski definition) is 1. The molecule has 0 spiro atoms. The molecule has 2 fully saturated rings. The molecule has 4 nitrogen and oxygen atoms in total. The fourth-order valence-corrected chi connectivity index (χ4v) is 5.17. The predicted octanol–water partition coefficient (Wildman–Crippen LogP) is 5.99. The van der Waals surface area contributed by atoms with Gasteiger partial charge in [0.2, 0.25) is 0 Å². The van der Waals surface area contributed by atoms with E-state index in [-0.39, 0.29) is 18.2 Å².